The van der Waals surface area contributed by atoms with E-state index < -0.39 is 0 Å². The van der Waals surface area contributed by atoms with Crippen LogP contribution in [0.15, 0.2) is 46.9 Å². The number of halogens is 1. The molecule has 1 aliphatic rings. The Bertz CT molecular complexity index is 618. The van der Waals surface area contributed by atoms with Crippen LogP contribution in [-0.4, -0.2) is 0 Å². The minimum atomic E-state index is 0.00900. The molecule has 1 atom stereocenters. The summed E-state index contributed by atoms with van der Waals surface area (Å²) in [5.41, 5.74) is 8.01. The van der Waals surface area contributed by atoms with Crippen molar-refractivity contribution in [1.82, 2.24) is 5.43 Å². The molecule has 0 saturated heterocycles. The van der Waals surface area contributed by atoms with Crippen LogP contribution < -0.4 is 11.3 Å². The van der Waals surface area contributed by atoms with Gasteiger partial charge in [-0.15, -0.1) is 0 Å². The minimum Gasteiger partial charge on any atom is -0.271 e. The second-order valence-electron chi connectivity index (χ2n) is 5.87. The number of hydrogen-bond acceptors (Lipinski definition) is 2. The fourth-order valence-electron chi connectivity index (χ4n) is 2.96. The fraction of sp³-hybridized carbons (Fsp3) is 0.333. The third-order valence-electron chi connectivity index (χ3n) is 4.55. The highest BCUT2D eigenvalue weighted by molar-refractivity contribution is 9.10. The lowest BCUT2D eigenvalue weighted by atomic mass is 9.79. The van der Waals surface area contributed by atoms with Crippen LogP contribution in [0, 0.1) is 6.92 Å². The molecule has 2 aromatic carbocycles. The van der Waals surface area contributed by atoms with Crippen LogP contribution in [0.4, 0.5) is 0 Å². The average molecular weight is 345 g/mol. The standard InChI is InChI=1S/C18H21BrN2/c1-12-4-2-7-16(17(12)19)18(21-20)15-10-8-14(9-11-15)13-5-3-6-13/h2,4,7-11,13,18,21H,3,5-6,20H2,1H3. The molecule has 1 fully saturated rings. The lowest BCUT2D eigenvalue weighted by molar-refractivity contribution is 0.419. The van der Waals surface area contributed by atoms with E-state index in [-0.39, 0.29) is 6.04 Å². The highest BCUT2D eigenvalue weighted by Crippen LogP contribution is 2.37. The van der Waals surface area contributed by atoms with Gasteiger partial charge in [-0.25, -0.2) is 5.43 Å². The minimum absolute atomic E-state index is 0.00900. The molecule has 0 radical (unpaired) electrons. The van der Waals surface area contributed by atoms with Gasteiger partial charge in [-0.3, -0.25) is 5.84 Å². The molecule has 0 spiro atoms. The number of aryl methyl sites for hydroxylation is 1. The Labute approximate surface area is 134 Å². The van der Waals surface area contributed by atoms with Crippen molar-refractivity contribution in [1.29, 1.82) is 0 Å². The third kappa shape index (κ3) is 2.91. The molecule has 2 aromatic rings. The summed E-state index contributed by atoms with van der Waals surface area (Å²) in [5, 5.41) is 0. The summed E-state index contributed by atoms with van der Waals surface area (Å²) in [6.07, 6.45) is 4.04. The number of nitrogens with one attached hydrogen (secondary N) is 1. The molecule has 0 bridgehead atoms. The number of hydrazine groups is 1. The summed E-state index contributed by atoms with van der Waals surface area (Å²) in [7, 11) is 0. The van der Waals surface area contributed by atoms with Gasteiger partial charge in [-0.1, -0.05) is 64.8 Å². The quantitative estimate of drug-likeness (QED) is 0.629. The van der Waals surface area contributed by atoms with Crippen molar-refractivity contribution in [3.8, 4) is 0 Å². The van der Waals surface area contributed by atoms with Crippen LogP contribution in [0.5, 0.6) is 0 Å². The first-order valence-electron chi connectivity index (χ1n) is 7.51. The highest BCUT2D eigenvalue weighted by atomic mass is 79.9. The zero-order chi connectivity index (χ0) is 14.8. The molecule has 0 amide bonds. The molecule has 1 aliphatic carbocycles. The molecule has 0 heterocycles. The molecule has 21 heavy (non-hydrogen) atoms. The molecular weight excluding hydrogens is 324 g/mol. The molecule has 0 aromatic heterocycles. The first-order chi connectivity index (χ1) is 10.2. The maximum atomic E-state index is 5.82. The van der Waals surface area contributed by atoms with E-state index in [2.05, 4.69) is 70.7 Å². The van der Waals surface area contributed by atoms with Crippen molar-refractivity contribution >= 4 is 15.9 Å². The Hall–Kier alpha value is -1.16. The number of rotatable bonds is 4. The summed E-state index contributed by atoms with van der Waals surface area (Å²) in [4.78, 5) is 0. The Morgan fingerprint density at radius 1 is 1.14 bits per heavy atom. The molecule has 0 aliphatic heterocycles. The molecule has 110 valence electrons. The van der Waals surface area contributed by atoms with E-state index in [4.69, 9.17) is 5.84 Å². The van der Waals surface area contributed by atoms with E-state index in [9.17, 15) is 0 Å². The molecule has 3 heteroatoms. The normalized spacial score (nSPS) is 16.5. The van der Waals surface area contributed by atoms with Gasteiger partial charge in [0.1, 0.15) is 0 Å². The van der Waals surface area contributed by atoms with Gasteiger partial charge in [0, 0.05) is 4.47 Å². The molecule has 1 saturated carbocycles. The second kappa shape index (κ2) is 6.30. The van der Waals surface area contributed by atoms with Crippen molar-refractivity contribution in [3.63, 3.8) is 0 Å². The van der Waals surface area contributed by atoms with E-state index in [1.54, 1.807) is 0 Å². The zero-order valence-corrected chi connectivity index (χ0v) is 13.9. The van der Waals surface area contributed by atoms with E-state index in [1.165, 1.54) is 41.5 Å². The van der Waals surface area contributed by atoms with Gasteiger partial charge in [0.15, 0.2) is 0 Å². The van der Waals surface area contributed by atoms with Gasteiger partial charge in [-0.05, 0) is 47.9 Å². The second-order valence-corrected chi connectivity index (χ2v) is 6.67. The summed E-state index contributed by atoms with van der Waals surface area (Å²) in [5.74, 6) is 6.59. The van der Waals surface area contributed by atoms with Crippen LogP contribution in [-0.2, 0) is 0 Å². The first-order valence-corrected chi connectivity index (χ1v) is 8.31. The molecular formula is C18H21BrN2. The molecule has 1 unspecified atom stereocenters. The van der Waals surface area contributed by atoms with Crippen molar-refractivity contribution in [2.24, 2.45) is 5.84 Å². The van der Waals surface area contributed by atoms with Gasteiger partial charge in [0.2, 0.25) is 0 Å². The Balaban J connectivity index is 1.90. The molecule has 3 rings (SSSR count). The van der Waals surface area contributed by atoms with E-state index >= 15 is 0 Å². The van der Waals surface area contributed by atoms with Crippen LogP contribution in [0.25, 0.3) is 0 Å². The Kier molecular flexibility index (Phi) is 4.43. The largest absolute Gasteiger partial charge is 0.271 e. The average Bonchev–Trinajstić information content (AvgIpc) is 2.44. The van der Waals surface area contributed by atoms with Crippen molar-refractivity contribution in [2.45, 2.75) is 38.1 Å². The van der Waals surface area contributed by atoms with E-state index in [0.717, 1.165) is 10.4 Å². The van der Waals surface area contributed by atoms with E-state index in [1.807, 2.05) is 0 Å². The summed E-state index contributed by atoms with van der Waals surface area (Å²) >= 11 is 3.68. The maximum Gasteiger partial charge on any atom is 0.0721 e. The summed E-state index contributed by atoms with van der Waals surface area (Å²) in [6, 6.07) is 15.2. The number of hydrogen-bond donors (Lipinski definition) is 2. The topological polar surface area (TPSA) is 38.0 Å². The van der Waals surface area contributed by atoms with Gasteiger partial charge < -0.3 is 0 Å². The predicted octanol–water partition coefficient (Wildman–Crippen LogP) is 4.58. The van der Waals surface area contributed by atoms with Crippen LogP contribution in [0.3, 0.4) is 0 Å². The predicted molar refractivity (Wildman–Crippen MR) is 91.1 cm³/mol. The summed E-state index contributed by atoms with van der Waals surface area (Å²) in [6.45, 7) is 2.10. The lowest BCUT2D eigenvalue weighted by Crippen LogP contribution is -2.29. The van der Waals surface area contributed by atoms with Crippen molar-refractivity contribution in [3.05, 3.63) is 69.2 Å². The van der Waals surface area contributed by atoms with Crippen molar-refractivity contribution < 1.29 is 0 Å². The Morgan fingerprint density at radius 2 is 1.86 bits per heavy atom. The van der Waals surface area contributed by atoms with Crippen LogP contribution in [0.1, 0.15) is 53.5 Å². The SMILES string of the molecule is Cc1cccc(C(NN)c2ccc(C3CCC3)cc2)c1Br. The molecule has 3 N–H and O–H groups in total. The van der Waals surface area contributed by atoms with Gasteiger partial charge in [0.05, 0.1) is 6.04 Å². The van der Waals surface area contributed by atoms with Gasteiger partial charge in [0.25, 0.3) is 0 Å². The van der Waals surface area contributed by atoms with E-state index in [0.29, 0.717) is 0 Å². The van der Waals surface area contributed by atoms with Crippen molar-refractivity contribution in [2.75, 3.05) is 0 Å². The van der Waals surface area contributed by atoms with Crippen LogP contribution in [0.2, 0.25) is 0 Å². The number of benzene rings is 2. The zero-order valence-electron chi connectivity index (χ0n) is 12.3. The number of nitrogens with two attached hydrogens (primary N) is 1. The fourth-order valence-corrected chi connectivity index (χ4v) is 3.45. The van der Waals surface area contributed by atoms with Gasteiger partial charge in [-0.2, -0.15) is 0 Å². The van der Waals surface area contributed by atoms with Gasteiger partial charge >= 0.3 is 0 Å². The monoisotopic (exact) mass is 344 g/mol. The Morgan fingerprint density at radius 3 is 2.43 bits per heavy atom. The molecule has 2 nitrogen and oxygen atoms in total. The maximum absolute atomic E-state index is 5.82. The first kappa shape index (κ1) is 14.8. The summed E-state index contributed by atoms with van der Waals surface area (Å²) < 4.78 is 1.12. The van der Waals surface area contributed by atoms with Crippen LogP contribution >= 0.6 is 15.9 Å². The third-order valence-corrected chi connectivity index (χ3v) is 5.63. The lowest BCUT2D eigenvalue weighted by Gasteiger charge is -2.26. The smallest absolute Gasteiger partial charge is 0.0721 e. The highest BCUT2D eigenvalue weighted by Gasteiger charge is 2.20.